The summed E-state index contributed by atoms with van der Waals surface area (Å²) in [4.78, 5) is 0. The lowest BCUT2D eigenvalue weighted by atomic mass is 10.3. The summed E-state index contributed by atoms with van der Waals surface area (Å²) in [5, 5.41) is 11.5. The van der Waals surface area contributed by atoms with Gasteiger partial charge in [-0.2, -0.15) is 12.7 Å². The third-order valence-corrected chi connectivity index (χ3v) is 5.38. The van der Waals surface area contributed by atoms with E-state index in [4.69, 9.17) is 10.9 Å². The van der Waals surface area contributed by atoms with Crippen molar-refractivity contribution in [2.45, 2.75) is 19.3 Å². The topological polar surface area (TPSA) is 99.2 Å². The lowest BCUT2D eigenvalue weighted by Crippen LogP contribution is -2.44. The Hall–Kier alpha value is -1.80. The lowest BCUT2D eigenvalue weighted by molar-refractivity contribution is 0.317. The van der Waals surface area contributed by atoms with Crippen LogP contribution >= 0.6 is 0 Å². The van der Waals surface area contributed by atoms with E-state index < -0.39 is 10.2 Å². The number of hydrogen-bond acceptors (Lipinski definition) is 4. The Balaban J connectivity index is 2.27. The summed E-state index contributed by atoms with van der Waals surface area (Å²) in [6.45, 7) is 1.21. The highest BCUT2D eigenvalue weighted by atomic mass is 32.2. The summed E-state index contributed by atoms with van der Waals surface area (Å²) in [5.41, 5.74) is 6.04. The van der Waals surface area contributed by atoms with E-state index in [1.165, 1.54) is 8.61 Å². The van der Waals surface area contributed by atoms with Gasteiger partial charge in [-0.3, -0.25) is 4.31 Å². The molecule has 3 N–H and O–H groups in total. The average Bonchev–Trinajstić information content (AvgIpc) is 3.03. The Bertz CT molecular complexity index is 583. The summed E-state index contributed by atoms with van der Waals surface area (Å²) >= 11 is 0. The van der Waals surface area contributed by atoms with Crippen LogP contribution in [-0.2, 0) is 10.2 Å². The molecule has 0 spiro atoms. The summed E-state index contributed by atoms with van der Waals surface area (Å²) in [5.74, 6) is 0.00699. The van der Waals surface area contributed by atoms with E-state index in [0.717, 1.165) is 12.8 Å². The van der Waals surface area contributed by atoms with E-state index in [-0.39, 0.29) is 18.8 Å². The van der Waals surface area contributed by atoms with Gasteiger partial charge in [0.25, 0.3) is 0 Å². The number of anilines is 1. The van der Waals surface area contributed by atoms with Gasteiger partial charge in [0, 0.05) is 26.1 Å². The van der Waals surface area contributed by atoms with Crippen LogP contribution in [0.5, 0.6) is 0 Å². The SMILES string of the molecule is N/C(CCN(c1ccccc1)S(=O)(=O)N1CCCC1)=N/O. The minimum atomic E-state index is -3.58. The number of oxime groups is 1. The van der Waals surface area contributed by atoms with E-state index >= 15 is 0 Å². The van der Waals surface area contributed by atoms with Gasteiger partial charge in [-0.05, 0) is 25.0 Å². The third kappa shape index (κ3) is 3.64. The van der Waals surface area contributed by atoms with Crippen LogP contribution in [0, 0.1) is 0 Å². The fourth-order valence-electron chi connectivity index (χ4n) is 2.30. The van der Waals surface area contributed by atoms with E-state index in [9.17, 15) is 8.42 Å². The van der Waals surface area contributed by atoms with Crippen LogP contribution in [0.15, 0.2) is 35.5 Å². The molecule has 21 heavy (non-hydrogen) atoms. The first-order valence-corrected chi connectivity index (χ1v) is 8.24. The van der Waals surface area contributed by atoms with Crippen molar-refractivity contribution in [3.63, 3.8) is 0 Å². The van der Waals surface area contributed by atoms with Gasteiger partial charge in [-0.1, -0.05) is 23.4 Å². The molecule has 2 rings (SSSR count). The van der Waals surface area contributed by atoms with Crippen LogP contribution < -0.4 is 10.0 Å². The second kappa shape index (κ2) is 6.77. The fourth-order valence-corrected chi connectivity index (χ4v) is 4.00. The predicted octanol–water partition coefficient (Wildman–Crippen LogP) is 0.970. The van der Waals surface area contributed by atoms with Gasteiger partial charge in [0.1, 0.15) is 5.84 Å². The van der Waals surface area contributed by atoms with Gasteiger partial charge in [-0.25, -0.2) is 0 Å². The molecule has 116 valence electrons. The smallest absolute Gasteiger partial charge is 0.304 e. The molecule has 1 aliphatic rings. The first-order valence-electron chi connectivity index (χ1n) is 6.85. The molecular weight excluding hydrogens is 292 g/mol. The van der Waals surface area contributed by atoms with Crippen molar-refractivity contribution in [1.29, 1.82) is 0 Å². The van der Waals surface area contributed by atoms with Gasteiger partial charge in [0.15, 0.2) is 0 Å². The van der Waals surface area contributed by atoms with Crippen LogP contribution in [0.2, 0.25) is 0 Å². The molecule has 1 fully saturated rings. The Morgan fingerprint density at radius 1 is 1.29 bits per heavy atom. The van der Waals surface area contributed by atoms with Crippen molar-refractivity contribution in [2.24, 2.45) is 10.9 Å². The van der Waals surface area contributed by atoms with Crippen molar-refractivity contribution in [3.05, 3.63) is 30.3 Å². The van der Waals surface area contributed by atoms with Crippen molar-refractivity contribution in [2.75, 3.05) is 23.9 Å². The molecule has 8 heteroatoms. The number of nitrogens with zero attached hydrogens (tertiary/aromatic N) is 3. The zero-order chi connectivity index (χ0) is 15.3. The zero-order valence-electron chi connectivity index (χ0n) is 11.7. The lowest BCUT2D eigenvalue weighted by Gasteiger charge is -2.28. The maximum Gasteiger partial charge on any atom is 0.304 e. The molecule has 0 atom stereocenters. The number of nitrogens with two attached hydrogens (primary N) is 1. The quantitative estimate of drug-likeness (QED) is 0.354. The van der Waals surface area contributed by atoms with Crippen molar-refractivity contribution < 1.29 is 13.6 Å². The van der Waals surface area contributed by atoms with E-state index in [1.807, 2.05) is 6.07 Å². The standard InChI is InChI=1S/C13H20N4O3S/c14-13(15-18)8-11-17(12-6-2-1-3-7-12)21(19,20)16-9-4-5-10-16/h1-3,6-7,18H,4-5,8-11H2,(H2,14,15). The zero-order valence-corrected chi connectivity index (χ0v) is 12.5. The molecule has 7 nitrogen and oxygen atoms in total. The molecule has 0 amide bonds. The normalized spacial score (nSPS) is 17.0. The van der Waals surface area contributed by atoms with Crippen LogP contribution in [0.1, 0.15) is 19.3 Å². The number of amidine groups is 1. The van der Waals surface area contributed by atoms with Crippen molar-refractivity contribution >= 4 is 21.7 Å². The van der Waals surface area contributed by atoms with Crippen LogP contribution in [-0.4, -0.2) is 43.4 Å². The molecule has 0 aromatic heterocycles. The first-order chi connectivity index (χ1) is 10.1. The predicted molar refractivity (Wildman–Crippen MR) is 81.5 cm³/mol. The number of benzene rings is 1. The molecule has 1 aromatic carbocycles. The summed E-state index contributed by atoms with van der Waals surface area (Å²) in [7, 11) is -3.58. The number of para-hydroxylation sites is 1. The Labute approximate surface area is 124 Å². The molecule has 1 aliphatic heterocycles. The summed E-state index contributed by atoms with van der Waals surface area (Å²) in [6, 6.07) is 8.87. The molecule has 0 unspecified atom stereocenters. The molecule has 0 aliphatic carbocycles. The maximum atomic E-state index is 12.7. The Morgan fingerprint density at radius 2 is 1.90 bits per heavy atom. The second-order valence-electron chi connectivity index (χ2n) is 4.86. The van der Waals surface area contributed by atoms with Crippen molar-refractivity contribution in [1.82, 2.24) is 4.31 Å². The molecule has 1 saturated heterocycles. The molecule has 1 aromatic rings. The van der Waals surface area contributed by atoms with Crippen molar-refractivity contribution in [3.8, 4) is 0 Å². The summed E-state index contributed by atoms with van der Waals surface area (Å²) < 4.78 is 28.3. The minimum absolute atomic E-state index is 0.00699. The van der Waals surface area contributed by atoms with Crippen LogP contribution in [0.25, 0.3) is 0 Å². The van der Waals surface area contributed by atoms with E-state index in [1.54, 1.807) is 24.3 Å². The average molecular weight is 312 g/mol. The Morgan fingerprint density at radius 3 is 2.48 bits per heavy atom. The molecular formula is C13H20N4O3S. The largest absolute Gasteiger partial charge is 0.409 e. The van der Waals surface area contributed by atoms with Crippen LogP contribution in [0.3, 0.4) is 0 Å². The van der Waals surface area contributed by atoms with Crippen LogP contribution in [0.4, 0.5) is 5.69 Å². The molecule has 1 heterocycles. The maximum absolute atomic E-state index is 12.7. The molecule has 0 radical (unpaired) electrons. The Kier molecular flexibility index (Phi) is 5.03. The van der Waals surface area contributed by atoms with Gasteiger partial charge in [-0.15, -0.1) is 0 Å². The minimum Gasteiger partial charge on any atom is -0.409 e. The number of rotatable bonds is 6. The first kappa shape index (κ1) is 15.6. The highest BCUT2D eigenvalue weighted by molar-refractivity contribution is 7.90. The molecule has 0 saturated carbocycles. The van der Waals surface area contributed by atoms with Gasteiger partial charge in [0.2, 0.25) is 0 Å². The van der Waals surface area contributed by atoms with Gasteiger partial charge < -0.3 is 10.9 Å². The number of hydrogen-bond donors (Lipinski definition) is 2. The fraction of sp³-hybridized carbons (Fsp3) is 0.462. The van der Waals surface area contributed by atoms with Gasteiger partial charge >= 0.3 is 10.2 Å². The summed E-state index contributed by atoms with van der Waals surface area (Å²) in [6.07, 6.45) is 1.92. The molecule has 0 bridgehead atoms. The monoisotopic (exact) mass is 312 g/mol. The van der Waals surface area contributed by atoms with Gasteiger partial charge in [0.05, 0.1) is 5.69 Å². The second-order valence-corrected chi connectivity index (χ2v) is 6.72. The van der Waals surface area contributed by atoms with E-state index in [2.05, 4.69) is 5.16 Å². The highest BCUT2D eigenvalue weighted by Crippen LogP contribution is 2.23. The third-order valence-electron chi connectivity index (χ3n) is 3.41. The highest BCUT2D eigenvalue weighted by Gasteiger charge is 2.31. The van der Waals surface area contributed by atoms with E-state index in [0.29, 0.717) is 18.8 Å².